The second-order valence-corrected chi connectivity index (χ2v) is 9.25. The van der Waals surface area contributed by atoms with Gasteiger partial charge < -0.3 is 10.0 Å². The minimum Gasteiger partial charge on any atom is -0.385 e. The predicted molar refractivity (Wildman–Crippen MR) is 126 cm³/mol. The third kappa shape index (κ3) is 4.95. The second-order valence-electron chi connectivity index (χ2n) is 8.43. The van der Waals surface area contributed by atoms with Crippen LogP contribution in [0.3, 0.4) is 0 Å². The number of rotatable bonds is 6. The van der Waals surface area contributed by atoms with E-state index in [1.54, 1.807) is 0 Å². The fourth-order valence-corrected chi connectivity index (χ4v) is 5.11. The summed E-state index contributed by atoms with van der Waals surface area (Å²) in [5.74, 6) is 0.701. The number of hydrogen-bond donors (Lipinski definition) is 1. The van der Waals surface area contributed by atoms with Crippen LogP contribution < -0.4 is 4.90 Å². The Labute approximate surface area is 190 Å². The SMILES string of the molecule is OC1(c2ccccc2)CCN(C2CN(CCCCl)CCN2c2cccc(Cl)c2)CC1. The average Bonchev–Trinajstić information content (AvgIpc) is 2.79. The van der Waals surface area contributed by atoms with Gasteiger partial charge in [0.1, 0.15) is 0 Å². The van der Waals surface area contributed by atoms with Gasteiger partial charge in [-0.15, -0.1) is 11.6 Å². The van der Waals surface area contributed by atoms with Gasteiger partial charge in [0.25, 0.3) is 0 Å². The monoisotopic (exact) mass is 447 g/mol. The van der Waals surface area contributed by atoms with Crippen molar-refractivity contribution in [2.75, 3.05) is 50.0 Å². The summed E-state index contributed by atoms with van der Waals surface area (Å²) in [6.07, 6.45) is 2.78. The first-order valence-corrected chi connectivity index (χ1v) is 11.8. The number of likely N-dealkylation sites (tertiary alicyclic amines) is 1. The van der Waals surface area contributed by atoms with Crippen LogP contribution in [0.1, 0.15) is 24.8 Å². The maximum Gasteiger partial charge on any atom is 0.0950 e. The summed E-state index contributed by atoms with van der Waals surface area (Å²) in [6, 6.07) is 18.3. The minimum absolute atomic E-state index is 0.271. The zero-order valence-electron chi connectivity index (χ0n) is 17.4. The lowest BCUT2D eigenvalue weighted by Crippen LogP contribution is -2.62. The van der Waals surface area contributed by atoms with Crippen molar-refractivity contribution in [3.63, 3.8) is 0 Å². The molecule has 2 fully saturated rings. The highest BCUT2D eigenvalue weighted by atomic mass is 35.5. The van der Waals surface area contributed by atoms with Crippen LogP contribution in [-0.4, -0.2) is 66.2 Å². The van der Waals surface area contributed by atoms with Crippen LogP contribution in [0.25, 0.3) is 0 Å². The van der Waals surface area contributed by atoms with Gasteiger partial charge in [-0.05, 0) is 49.6 Å². The molecular formula is C24H31Cl2N3O. The molecule has 0 saturated carbocycles. The third-order valence-corrected chi connectivity index (χ3v) is 7.05. The molecule has 1 N–H and O–H groups in total. The molecule has 0 radical (unpaired) electrons. The van der Waals surface area contributed by atoms with Crippen molar-refractivity contribution >= 4 is 28.9 Å². The van der Waals surface area contributed by atoms with Gasteiger partial charge in [-0.1, -0.05) is 48.0 Å². The number of hydrogen-bond acceptors (Lipinski definition) is 4. The number of piperidine rings is 1. The summed E-state index contributed by atoms with van der Waals surface area (Å²) >= 11 is 12.2. The van der Waals surface area contributed by atoms with Crippen molar-refractivity contribution in [1.82, 2.24) is 9.80 Å². The van der Waals surface area contributed by atoms with Gasteiger partial charge >= 0.3 is 0 Å². The Balaban J connectivity index is 1.50. The van der Waals surface area contributed by atoms with Crippen molar-refractivity contribution in [2.45, 2.75) is 31.0 Å². The Bertz CT molecular complexity index is 811. The standard InChI is InChI=1S/C24H31Cl2N3O/c25-12-5-13-27-16-17-29(22-9-4-8-21(26)18-22)23(19-27)28-14-10-24(30,11-15-28)20-6-2-1-3-7-20/h1-4,6-9,18,23,30H,5,10-17,19H2. The van der Waals surface area contributed by atoms with Crippen LogP contribution >= 0.6 is 23.2 Å². The largest absolute Gasteiger partial charge is 0.385 e. The van der Waals surface area contributed by atoms with Crippen LogP contribution in [0, 0.1) is 0 Å². The number of piperazine rings is 1. The lowest BCUT2D eigenvalue weighted by Gasteiger charge is -2.50. The zero-order chi connectivity index (χ0) is 21.0. The molecule has 30 heavy (non-hydrogen) atoms. The van der Waals surface area contributed by atoms with Crippen LogP contribution in [0.4, 0.5) is 5.69 Å². The predicted octanol–water partition coefficient (Wildman–Crippen LogP) is 4.40. The van der Waals surface area contributed by atoms with E-state index in [2.05, 4.69) is 26.8 Å². The van der Waals surface area contributed by atoms with Crippen molar-refractivity contribution in [2.24, 2.45) is 0 Å². The molecule has 0 amide bonds. The van der Waals surface area contributed by atoms with E-state index >= 15 is 0 Å². The number of aliphatic hydroxyl groups is 1. The summed E-state index contributed by atoms with van der Waals surface area (Å²) in [4.78, 5) is 7.53. The van der Waals surface area contributed by atoms with Gasteiger partial charge in [0.15, 0.2) is 0 Å². The summed E-state index contributed by atoms with van der Waals surface area (Å²) < 4.78 is 0. The van der Waals surface area contributed by atoms with Crippen molar-refractivity contribution in [1.29, 1.82) is 0 Å². The molecule has 0 aromatic heterocycles. The van der Waals surface area contributed by atoms with E-state index in [1.165, 1.54) is 5.69 Å². The highest BCUT2D eigenvalue weighted by Gasteiger charge is 2.39. The molecule has 0 spiro atoms. The number of nitrogens with zero attached hydrogens (tertiary/aromatic N) is 3. The van der Waals surface area contributed by atoms with Gasteiger partial charge in [-0.25, -0.2) is 0 Å². The van der Waals surface area contributed by atoms with Crippen molar-refractivity contribution < 1.29 is 5.11 Å². The van der Waals surface area contributed by atoms with E-state index in [0.717, 1.165) is 69.1 Å². The third-order valence-electron chi connectivity index (χ3n) is 6.54. The summed E-state index contributed by atoms with van der Waals surface area (Å²) in [5, 5.41) is 12.0. The van der Waals surface area contributed by atoms with Crippen LogP contribution in [-0.2, 0) is 5.60 Å². The Morgan fingerprint density at radius 1 is 0.967 bits per heavy atom. The van der Waals surface area contributed by atoms with E-state index in [9.17, 15) is 5.11 Å². The number of anilines is 1. The van der Waals surface area contributed by atoms with E-state index in [-0.39, 0.29) is 6.17 Å². The molecule has 2 heterocycles. The lowest BCUT2D eigenvalue weighted by molar-refractivity contribution is -0.0419. The van der Waals surface area contributed by atoms with E-state index in [0.29, 0.717) is 5.88 Å². The average molecular weight is 448 g/mol. The van der Waals surface area contributed by atoms with Crippen molar-refractivity contribution in [3.8, 4) is 0 Å². The molecule has 2 aliphatic rings. The van der Waals surface area contributed by atoms with Gasteiger partial charge in [0.05, 0.1) is 11.8 Å². The molecule has 2 aromatic rings. The molecule has 2 saturated heterocycles. The molecule has 4 nitrogen and oxygen atoms in total. The molecular weight excluding hydrogens is 417 g/mol. The lowest BCUT2D eigenvalue weighted by atomic mass is 9.84. The summed E-state index contributed by atoms with van der Waals surface area (Å²) in [5.41, 5.74) is 1.48. The van der Waals surface area contributed by atoms with E-state index in [1.807, 2.05) is 42.5 Å². The number of benzene rings is 2. The number of alkyl halides is 1. The molecule has 4 rings (SSSR count). The van der Waals surface area contributed by atoms with E-state index < -0.39 is 5.60 Å². The smallest absolute Gasteiger partial charge is 0.0950 e. The van der Waals surface area contributed by atoms with Gasteiger partial charge in [-0.3, -0.25) is 9.80 Å². The first kappa shape index (κ1) is 21.9. The fraction of sp³-hybridized carbons (Fsp3) is 0.500. The van der Waals surface area contributed by atoms with Gasteiger partial charge in [0, 0.05) is 49.3 Å². The van der Waals surface area contributed by atoms with Crippen LogP contribution in [0.15, 0.2) is 54.6 Å². The van der Waals surface area contributed by atoms with Crippen LogP contribution in [0.2, 0.25) is 5.02 Å². The second kappa shape index (κ2) is 9.88. The topological polar surface area (TPSA) is 30.0 Å². The Morgan fingerprint density at radius 2 is 1.73 bits per heavy atom. The highest BCUT2D eigenvalue weighted by Crippen LogP contribution is 2.35. The molecule has 6 heteroatoms. The first-order chi connectivity index (χ1) is 14.6. The fourth-order valence-electron chi connectivity index (χ4n) is 4.80. The Kier molecular flexibility index (Phi) is 7.22. The molecule has 2 aromatic carbocycles. The molecule has 1 atom stereocenters. The molecule has 0 bridgehead atoms. The minimum atomic E-state index is -0.731. The Morgan fingerprint density at radius 3 is 2.43 bits per heavy atom. The summed E-state index contributed by atoms with van der Waals surface area (Å²) in [6.45, 7) is 5.75. The maximum atomic E-state index is 11.3. The molecule has 0 aliphatic carbocycles. The normalized spacial score (nSPS) is 22.9. The molecule has 2 aliphatic heterocycles. The van der Waals surface area contributed by atoms with Gasteiger partial charge in [0.2, 0.25) is 0 Å². The van der Waals surface area contributed by atoms with E-state index in [4.69, 9.17) is 23.2 Å². The molecule has 1 unspecified atom stereocenters. The van der Waals surface area contributed by atoms with Crippen LogP contribution in [0.5, 0.6) is 0 Å². The Hall–Kier alpha value is -1.30. The van der Waals surface area contributed by atoms with Crippen molar-refractivity contribution in [3.05, 3.63) is 65.2 Å². The quantitative estimate of drug-likeness (QED) is 0.664. The highest BCUT2D eigenvalue weighted by molar-refractivity contribution is 6.30. The summed E-state index contributed by atoms with van der Waals surface area (Å²) in [7, 11) is 0. The maximum absolute atomic E-state index is 11.3. The number of halogens is 2. The van der Waals surface area contributed by atoms with Gasteiger partial charge in [-0.2, -0.15) is 0 Å². The zero-order valence-corrected chi connectivity index (χ0v) is 18.9. The molecule has 162 valence electrons. The first-order valence-electron chi connectivity index (χ1n) is 10.9.